The van der Waals surface area contributed by atoms with E-state index in [4.69, 9.17) is 0 Å². The lowest BCUT2D eigenvalue weighted by atomic mass is 9.96. The van der Waals surface area contributed by atoms with E-state index in [1.54, 1.807) is 0 Å². The highest BCUT2D eigenvalue weighted by Crippen LogP contribution is 2.20. The fourth-order valence-corrected chi connectivity index (χ4v) is 2.86. The Bertz CT molecular complexity index is 433. The van der Waals surface area contributed by atoms with Crippen LogP contribution in [-0.2, 0) is 11.3 Å². The second-order valence-electron chi connectivity index (χ2n) is 6.06. The van der Waals surface area contributed by atoms with Crippen LogP contribution < -0.4 is 0 Å². The first-order valence-corrected chi connectivity index (χ1v) is 7.44. The summed E-state index contributed by atoms with van der Waals surface area (Å²) in [4.78, 5) is 20.5. The van der Waals surface area contributed by atoms with Crippen molar-refractivity contribution in [1.29, 1.82) is 0 Å². The first-order chi connectivity index (χ1) is 9.56. The second-order valence-corrected chi connectivity index (χ2v) is 6.06. The van der Waals surface area contributed by atoms with Crippen molar-refractivity contribution in [1.82, 2.24) is 14.8 Å². The van der Waals surface area contributed by atoms with Gasteiger partial charge < -0.3 is 9.80 Å². The molecular formula is C16H25N3O. The van der Waals surface area contributed by atoms with Crippen LogP contribution in [-0.4, -0.2) is 46.9 Å². The van der Waals surface area contributed by atoms with Gasteiger partial charge in [0, 0.05) is 38.3 Å². The van der Waals surface area contributed by atoms with E-state index in [0.717, 1.165) is 31.7 Å². The van der Waals surface area contributed by atoms with Gasteiger partial charge in [-0.05, 0) is 45.4 Å². The lowest BCUT2D eigenvalue weighted by molar-refractivity contribution is -0.136. The molecule has 110 valence electrons. The number of hydrogen-bond acceptors (Lipinski definition) is 3. The summed E-state index contributed by atoms with van der Waals surface area (Å²) < 4.78 is 0. The molecule has 0 bridgehead atoms. The molecule has 0 aromatic carbocycles. The molecule has 20 heavy (non-hydrogen) atoms. The third-order valence-corrected chi connectivity index (χ3v) is 3.89. The summed E-state index contributed by atoms with van der Waals surface area (Å²) in [6.45, 7) is 6.97. The molecule has 1 fully saturated rings. The standard InChI is InChI=1S/C16H25N3O/c1-13(2)19-11-14(7-8-16(19)20)10-18(3)12-15-6-4-5-9-17-15/h4-6,9,13-14H,7-8,10-12H2,1-3H3. The number of carbonyl (C=O) groups excluding carboxylic acids is 1. The number of carbonyl (C=O) groups is 1. The number of likely N-dealkylation sites (tertiary alicyclic amines) is 1. The topological polar surface area (TPSA) is 36.4 Å². The van der Waals surface area contributed by atoms with E-state index in [2.05, 4.69) is 36.8 Å². The van der Waals surface area contributed by atoms with Gasteiger partial charge in [0.1, 0.15) is 0 Å². The van der Waals surface area contributed by atoms with Crippen molar-refractivity contribution in [3.05, 3.63) is 30.1 Å². The van der Waals surface area contributed by atoms with E-state index in [1.807, 2.05) is 23.2 Å². The van der Waals surface area contributed by atoms with Crippen LogP contribution in [0, 0.1) is 5.92 Å². The minimum atomic E-state index is 0.309. The molecule has 0 spiro atoms. The molecule has 1 aromatic rings. The number of nitrogens with zero attached hydrogens (tertiary/aromatic N) is 3. The zero-order valence-corrected chi connectivity index (χ0v) is 12.7. The number of piperidine rings is 1. The Hall–Kier alpha value is -1.42. The summed E-state index contributed by atoms with van der Waals surface area (Å²) in [6, 6.07) is 6.33. The highest BCUT2D eigenvalue weighted by Gasteiger charge is 2.27. The van der Waals surface area contributed by atoms with Crippen LogP contribution in [0.25, 0.3) is 0 Å². The van der Waals surface area contributed by atoms with Crippen molar-refractivity contribution in [2.75, 3.05) is 20.1 Å². The van der Waals surface area contributed by atoms with Crippen LogP contribution in [0.4, 0.5) is 0 Å². The molecule has 0 N–H and O–H groups in total. The second kappa shape index (κ2) is 6.84. The van der Waals surface area contributed by atoms with Gasteiger partial charge in [-0.1, -0.05) is 6.07 Å². The molecule has 1 unspecified atom stereocenters. The molecule has 4 nitrogen and oxygen atoms in total. The maximum atomic E-state index is 11.9. The van der Waals surface area contributed by atoms with Crippen molar-refractivity contribution >= 4 is 5.91 Å². The van der Waals surface area contributed by atoms with Crippen LogP contribution in [0.5, 0.6) is 0 Å². The molecule has 1 aromatic heterocycles. The number of hydrogen-bond donors (Lipinski definition) is 0. The van der Waals surface area contributed by atoms with Gasteiger partial charge in [0.05, 0.1) is 5.69 Å². The summed E-state index contributed by atoms with van der Waals surface area (Å²) in [7, 11) is 2.13. The minimum Gasteiger partial charge on any atom is -0.340 e. The molecule has 1 aliphatic heterocycles. The van der Waals surface area contributed by atoms with Gasteiger partial charge in [0.25, 0.3) is 0 Å². The molecule has 0 radical (unpaired) electrons. The van der Waals surface area contributed by atoms with Gasteiger partial charge in [-0.2, -0.15) is 0 Å². The molecule has 4 heteroatoms. The third-order valence-electron chi connectivity index (χ3n) is 3.89. The molecule has 1 atom stereocenters. The Labute approximate surface area is 121 Å². The monoisotopic (exact) mass is 275 g/mol. The van der Waals surface area contributed by atoms with Gasteiger partial charge in [-0.15, -0.1) is 0 Å². The summed E-state index contributed by atoms with van der Waals surface area (Å²) in [5, 5.41) is 0. The van der Waals surface area contributed by atoms with E-state index in [1.165, 1.54) is 0 Å². The van der Waals surface area contributed by atoms with Gasteiger partial charge in [0.2, 0.25) is 5.91 Å². The summed E-state index contributed by atoms with van der Waals surface area (Å²) in [5.41, 5.74) is 1.10. The quantitative estimate of drug-likeness (QED) is 0.826. The average molecular weight is 275 g/mol. The summed E-state index contributed by atoms with van der Waals surface area (Å²) in [6.07, 6.45) is 3.54. The van der Waals surface area contributed by atoms with E-state index in [0.29, 0.717) is 24.3 Å². The fraction of sp³-hybridized carbons (Fsp3) is 0.625. The Balaban J connectivity index is 1.85. The number of rotatable bonds is 5. The smallest absolute Gasteiger partial charge is 0.222 e. The Kier molecular flexibility index (Phi) is 5.12. The Morgan fingerprint density at radius 3 is 2.90 bits per heavy atom. The normalized spacial score (nSPS) is 19.9. The van der Waals surface area contributed by atoms with Crippen molar-refractivity contribution in [2.24, 2.45) is 5.92 Å². The maximum Gasteiger partial charge on any atom is 0.222 e. The van der Waals surface area contributed by atoms with Crippen molar-refractivity contribution < 1.29 is 4.79 Å². The van der Waals surface area contributed by atoms with E-state index < -0.39 is 0 Å². The van der Waals surface area contributed by atoms with Crippen molar-refractivity contribution in [2.45, 2.75) is 39.3 Å². The number of amides is 1. The number of pyridine rings is 1. The highest BCUT2D eigenvalue weighted by molar-refractivity contribution is 5.77. The van der Waals surface area contributed by atoms with Gasteiger partial charge in [-0.3, -0.25) is 9.78 Å². The van der Waals surface area contributed by atoms with E-state index >= 15 is 0 Å². The van der Waals surface area contributed by atoms with Crippen molar-refractivity contribution in [3.63, 3.8) is 0 Å². The molecule has 2 rings (SSSR count). The largest absolute Gasteiger partial charge is 0.340 e. The number of aromatic nitrogens is 1. The maximum absolute atomic E-state index is 11.9. The highest BCUT2D eigenvalue weighted by atomic mass is 16.2. The lowest BCUT2D eigenvalue weighted by Gasteiger charge is -2.37. The minimum absolute atomic E-state index is 0.309. The van der Waals surface area contributed by atoms with Crippen LogP contribution in [0.3, 0.4) is 0 Å². The van der Waals surface area contributed by atoms with Gasteiger partial charge in [0.15, 0.2) is 0 Å². The zero-order valence-electron chi connectivity index (χ0n) is 12.7. The fourth-order valence-electron chi connectivity index (χ4n) is 2.86. The molecule has 1 amide bonds. The lowest BCUT2D eigenvalue weighted by Crippen LogP contribution is -2.46. The molecule has 1 saturated heterocycles. The van der Waals surface area contributed by atoms with Crippen LogP contribution in [0.2, 0.25) is 0 Å². The average Bonchev–Trinajstić information content (AvgIpc) is 2.41. The van der Waals surface area contributed by atoms with Crippen LogP contribution in [0.1, 0.15) is 32.4 Å². The van der Waals surface area contributed by atoms with E-state index in [9.17, 15) is 4.79 Å². The zero-order chi connectivity index (χ0) is 14.5. The molecule has 0 saturated carbocycles. The predicted molar refractivity (Wildman–Crippen MR) is 80.1 cm³/mol. The predicted octanol–water partition coefficient (Wildman–Crippen LogP) is 2.16. The Morgan fingerprint density at radius 2 is 2.25 bits per heavy atom. The van der Waals surface area contributed by atoms with Crippen LogP contribution >= 0.6 is 0 Å². The van der Waals surface area contributed by atoms with E-state index in [-0.39, 0.29) is 0 Å². The summed E-state index contributed by atoms with van der Waals surface area (Å²) >= 11 is 0. The Morgan fingerprint density at radius 1 is 1.45 bits per heavy atom. The molecular weight excluding hydrogens is 250 g/mol. The molecule has 0 aliphatic carbocycles. The first kappa shape index (κ1) is 15.0. The first-order valence-electron chi connectivity index (χ1n) is 7.44. The van der Waals surface area contributed by atoms with Gasteiger partial charge in [-0.25, -0.2) is 0 Å². The molecule has 2 heterocycles. The third kappa shape index (κ3) is 4.04. The summed E-state index contributed by atoms with van der Waals surface area (Å²) in [5.74, 6) is 0.882. The molecule has 1 aliphatic rings. The van der Waals surface area contributed by atoms with Crippen LogP contribution in [0.15, 0.2) is 24.4 Å². The van der Waals surface area contributed by atoms with Gasteiger partial charge >= 0.3 is 0 Å². The SMILES string of the molecule is CC(C)N1CC(CN(C)Cc2ccccn2)CCC1=O. The van der Waals surface area contributed by atoms with Crippen molar-refractivity contribution in [3.8, 4) is 0 Å².